The zero-order valence-electron chi connectivity index (χ0n) is 12.7. The van der Waals surface area contributed by atoms with Crippen LogP contribution in [0.1, 0.15) is 18.6 Å². The van der Waals surface area contributed by atoms with E-state index in [1.54, 1.807) is 12.1 Å². The molecule has 2 N–H and O–H groups in total. The maximum absolute atomic E-state index is 13.1. The molecule has 130 valence electrons. The minimum atomic E-state index is -4.41. The van der Waals surface area contributed by atoms with Crippen LogP contribution in [-0.2, 0) is 5.41 Å². The second kappa shape index (κ2) is 5.01. The SMILES string of the molecule is O=C(Nc1cc(C2(C(F)(F)F)CC2)on1)n1ccc2cc(O)ccc21. The maximum atomic E-state index is 13.1. The van der Waals surface area contributed by atoms with Gasteiger partial charge in [0.2, 0.25) is 0 Å². The van der Waals surface area contributed by atoms with Crippen LogP contribution in [0.15, 0.2) is 41.1 Å². The van der Waals surface area contributed by atoms with Gasteiger partial charge in [-0.3, -0.25) is 9.88 Å². The summed E-state index contributed by atoms with van der Waals surface area (Å²) in [4.78, 5) is 12.3. The highest BCUT2D eigenvalue weighted by molar-refractivity contribution is 5.98. The van der Waals surface area contributed by atoms with Crippen LogP contribution in [0, 0.1) is 0 Å². The van der Waals surface area contributed by atoms with Gasteiger partial charge < -0.3 is 9.63 Å². The minimum Gasteiger partial charge on any atom is -0.508 e. The van der Waals surface area contributed by atoms with E-state index >= 15 is 0 Å². The largest absolute Gasteiger partial charge is 0.508 e. The third kappa shape index (κ3) is 2.43. The van der Waals surface area contributed by atoms with Crippen molar-refractivity contribution in [2.45, 2.75) is 24.4 Å². The van der Waals surface area contributed by atoms with Crippen molar-refractivity contribution in [3.8, 4) is 5.75 Å². The number of benzene rings is 1. The molecule has 0 unspecified atom stereocenters. The predicted octanol–water partition coefficient (Wildman–Crippen LogP) is 4.01. The first kappa shape index (κ1) is 15.6. The Labute approximate surface area is 138 Å². The van der Waals surface area contributed by atoms with E-state index in [4.69, 9.17) is 4.52 Å². The van der Waals surface area contributed by atoms with Gasteiger partial charge in [0.25, 0.3) is 0 Å². The van der Waals surface area contributed by atoms with Crippen molar-refractivity contribution in [3.05, 3.63) is 42.3 Å². The van der Waals surface area contributed by atoms with Crippen molar-refractivity contribution in [2.75, 3.05) is 5.32 Å². The number of rotatable bonds is 2. The molecular weight excluding hydrogens is 339 g/mol. The number of phenolic OH excluding ortho intramolecular Hbond substituents is 1. The molecular formula is C16H12F3N3O3. The Kier molecular flexibility index (Phi) is 3.12. The van der Waals surface area contributed by atoms with Gasteiger partial charge in [-0.2, -0.15) is 13.2 Å². The molecule has 2 heterocycles. The van der Waals surface area contributed by atoms with E-state index < -0.39 is 17.6 Å². The number of aromatic hydroxyl groups is 1. The Bertz CT molecular complexity index is 970. The Balaban J connectivity index is 1.57. The highest BCUT2D eigenvalue weighted by Gasteiger charge is 2.66. The average Bonchev–Trinajstić information content (AvgIpc) is 3.06. The van der Waals surface area contributed by atoms with E-state index in [9.17, 15) is 23.1 Å². The summed E-state index contributed by atoms with van der Waals surface area (Å²) in [7, 11) is 0. The molecule has 2 aromatic heterocycles. The van der Waals surface area contributed by atoms with Crippen LogP contribution >= 0.6 is 0 Å². The number of hydrogen-bond donors (Lipinski definition) is 2. The van der Waals surface area contributed by atoms with Crippen LogP contribution in [0.3, 0.4) is 0 Å². The van der Waals surface area contributed by atoms with Crippen LogP contribution in [0.5, 0.6) is 5.75 Å². The summed E-state index contributed by atoms with van der Waals surface area (Å²) in [5.41, 5.74) is -1.45. The van der Waals surface area contributed by atoms with Crippen molar-refractivity contribution >= 4 is 22.8 Å². The molecule has 1 aliphatic rings. The highest BCUT2D eigenvalue weighted by atomic mass is 19.4. The summed E-state index contributed by atoms with van der Waals surface area (Å²) >= 11 is 0. The van der Waals surface area contributed by atoms with Crippen LogP contribution < -0.4 is 5.32 Å². The number of alkyl halides is 3. The quantitative estimate of drug-likeness (QED) is 0.731. The monoisotopic (exact) mass is 351 g/mol. The van der Waals surface area contributed by atoms with Crippen molar-refractivity contribution in [3.63, 3.8) is 0 Å². The number of halogens is 3. The molecule has 1 aromatic carbocycles. The molecule has 6 nitrogen and oxygen atoms in total. The van der Waals surface area contributed by atoms with Crippen LogP contribution in [0.25, 0.3) is 10.9 Å². The second-order valence-electron chi connectivity index (χ2n) is 6.02. The van der Waals surface area contributed by atoms with E-state index in [2.05, 4.69) is 10.5 Å². The molecule has 3 aromatic rings. The molecule has 0 spiro atoms. The molecule has 0 bridgehead atoms. The first-order valence-electron chi connectivity index (χ1n) is 7.45. The van der Waals surface area contributed by atoms with Crippen molar-refractivity contribution < 1.29 is 27.6 Å². The number of carbonyl (C=O) groups is 1. The van der Waals surface area contributed by atoms with Crippen molar-refractivity contribution in [1.29, 1.82) is 0 Å². The first-order valence-corrected chi connectivity index (χ1v) is 7.45. The summed E-state index contributed by atoms with van der Waals surface area (Å²) in [6.07, 6.45) is -3.03. The lowest BCUT2D eigenvalue weighted by Gasteiger charge is -2.14. The lowest BCUT2D eigenvalue weighted by atomic mass is 10.0. The van der Waals surface area contributed by atoms with Gasteiger partial charge in [0.1, 0.15) is 11.2 Å². The molecule has 1 aliphatic carbocycles. The van der Waals surface area contributed by atoms with E-state index in [1.807, 2.05) is 0 Å². The molecule has 1 amide bonds. The number of nitrogens with zero attached hydrogens (tertiary/aromatic N) is 2. The predicted molar refractivity (Wildman–Crippen MR) is 81.5 cm³/mol. The molecule has 1 saturated carbocycles. The Hall–Kier alpha value is -2.97. The first-order chi connectivity index (χ1) is 11.8. The molecule has 0 atom stereocenters. The van der Waals surface area contributed by atoms with Gasteiger partial charge in [-0.1, -0.05) is 5.16 Å². The van der Waals surface area contributed by atoms with Gasteiger partial charge in [-0.15, -0.1) is 0 Å². The molecule has 0 radical (unpaired) electrons. The average molecular weight is 351 g/mol. The number of hydrogen-bond acceptors (Lipinski definition) is 4. The summed E-state index contributed by atoms with van der Waals surface area (Å²) in [5.74, 6) is -0.317. The molecule has 25 heavy (non-hydrogen) atoms. The van der Waals surface area contributed by atoms with Crippen molar-refractivity contribution in [2.24, 2.45) is 0 Å². The van der Waals surface area contributed by atoms with Crippen LogP contribution in [-0.4, -0.2) is 27.0 Å². The number of nitrogens with one attached hydrogen (secondary N) is 1. The minimum absolute atomic E-state index is 0.0508. The van der Waals surface area contributed by atoms with Gasteiger partial charge >= 0.3 is 12.2 Å². The lowest BCUT2D eigenvalue weighted by molar-refractivity contribution is -0.165. The van der Waals surface area contributed by atoms with Gasteiger partial charge in [0, 0.05) is 17.6 Å². The summed E-state index contributed by atoms with van der Waals surface area (Å²) in [6.45, 7) is 0. The fourth-order valence-corrected chi connectivity index (χ4v) is 2.83. The van der Waals surface area contributed by atoms with Gasteiger partial charge in [0.05, 0.1) is 5.52 Å². The Morgan fingerprint density at radius 1 is 1.28 bits per heavy atom. The standard InChI is InChI=1S/C16H12F3N3O3/c17-16(18,19)15(4-5-15)12-8-13(21-25-12)20-14(24)22-6-3-9-7-10(23)1-2-11(9)22/h1-3,6-8,23H,4-5H2,(H,20,21,24). The van der Waals surface area contributed by atoms with Gasteiger partial charge in [0.15, 0.2) is 11.6 Å². The molecule has 4 rings (SSSR count). The third-order valence-corrected chi connectivity index (χ3v) is 4.40. The fourth-order valence-electron chi connectivity index (χ4n) is 2.83. The smallest absolute Gasteiger partial charge is 0.401 e. The number of amides is 1. The van der Waals surface area contributed by atoms with Gasteiger partial charge in [-0.05, 0) is 37.1 Å². The Morgan fingerprint density at radius 2 is 2.04 bits per heavy atom. The fraction of sp³-hybridized carbons (Fsp3) is 0.250. The Morgan fingerprint density at radius 3 is 2.72 bits per heavy atom. The van der Waals surface area contributed by atoms with E-state index in [0.29, 0.717) is 10.9 Å². The summed E-state index contributed by atoms with van der Waals surface area (Å²) in [5, 5.41) is 16.0. The normalized spacial score (nSPS) is 16.1. The third-order valence-electron chi connectivity index (χ3n) is 4.40. The highest BCUT2D eigenvalue weighted by Crippen LogP contribution is 2.59. The summed E-state index contributed by atoms with van der Waals surface area (Å²) < 4.78 is 45.3. The zero-order chi connectivity index (χ0) is 17.8. The topological polar surface area (TPSA) is 80.3 Å². The second-order valence-corrected chi connectivity index (χ2v) is 6.02. The van der Waals surface area contributed by atoms with Gasteiger partial charge in [-0.25, -0.2) is 4.79 Å². The van der Waals surface area contributed by atoms with Crippen LogP contribution in [0.2, 0.25) is 0 Å². The number of anilines is 1. The van der Waals surface area contributed by atoms with E-state index in [1.165, 1.54) is 22.9 Å². The molecule has 9 heteroatoms. The lowest BCUT2D eigenvalue weighted by Crippen LogP contribution is -2.28. The number of phenols is 1. The molecule has 1 fully saturated rings. The number of aromatic nitrogens is 2. The van der Waals surface area contributed by atoms with E-state index in [-0.39, 0.29) is 30.2 Å². The maximum Gasteiger partial charge on any atom is 0.401 e. The molecule has 0 saturated heterocycles. The summed E-state index contributed by atoms with van der Waals surface area (Å²) in [6, 6.07) is 6.62. The molecule has 0 aliphatic heterocycles. The number of fused-ring (bicyclic) bond motifs is 1. The number of carbonyl (C=O) groups excluding carboxylic acids is 1. The van der Waals surface area contributed by atoms with Crippen LogP contribution in [0.4, 0.5) is 23.8 Å². The van der Waals surface area contributed by atoms with Crippen molar-refractivity contribution in [1.82, 2.24) is 9.72 Å². The van der Waals surface area contributed by atoms with E-state index in [0.717, 1.165) is 6.07 Å². The zero-order valence-corrected chi connectivity index (χ0v) is 12.7.